The number of carbonyl (C=O) groups is 1. The van der Waals surface area contributed by atoms with Crippen molar-refractivity contribution in [2.75, 3.05) is 33.4 Å². The molecule has 1 amide bonds. The van der Waals surface area contributed by atoms with E-state index in [1.807, 2.05) is 17.9 Å². The van der Waals surface area contributed by atoms with E-state index in [-0.39, 0.29) is 23.7 Å². The third-order valence-corrected chi connectivity index (χ3v) is 4.89. The van der Waals surface area contributed by atoms with E-state index in [0.717, 1.165) is 32.5 Å². The number of ether oxygens (including phenoxy) is 1. The molecule has 0 aliphatic carbocycles. The monoisotopic (exact) mass is 332 g/mol. The largest absolute Gasteiger partial charge is 0.384 e. The summed E-state index contributed by atoms with van der Waals surface area (Å²) in [6, 6.07) is 4.12. The van der Waals surface area contributed by atoms with Gasteiger partial charge in [0, 0.05) is 18.5 Å². The summed E-state index contributed by atoms with van der Waals surface area (Å²) in [4.78, 5) is 16.2. The summed E-state index contributed by atoms with van der Waals surface area (Å²) < 4.78 is 5.36. The molecular weight excluding hydrogens is 308 g/mol. The Bertz CT molecular complexity index is 414. The molecule has 4 nitrogen and oxygen atoms in total. The number of thiophene rings is 1. The Morgan fingerprint density at radius 2 is 2.19 bits per heavy atom. The molecule has 1 fully saturated rings. The number of nitrogens with zero attached hydrogens (tertiary/aromatic N) is 1. The summed E-state index contributed by atoms with van der Waals surface area (Å²) in [6.07, 6.45) is 1.72. The van der Waals surface area contributed by atoms with Crippen LogP contribution >= 0.6 is 23.7 Å². The standard InChI is InChI=1S/C15H24N2O2S.ClH/c1-3-17(11-13-5-4-10-20-13)14(18)15(12-19-2)6-8-16-9-7-15;/h4-5,10,16H,3,6-9,11-12H2,1-2H3;1H. The molecular formula is C15H25ClN2O2S. The van der Waals surface area contributed by atoms with Gasteiger partial charge in [-0.25, -0.2) is 0 Å². The van der Waals surface area contributed by atoms with E-state index in [9.17, 15) is 4.79 Å². The van der Waals surface area contributed by atoms with Gasteiger partial charge in [-0.3, -0.25) is 4.79 Å². The van der Waals surface area contributed by atoms with Crippen LogP contribution in [0, 0.1) is 5.41 Å². The quantitative estimate of drug-likeness (QED) is 0.870. The van der Waals surface area contributed by atoms with Crippen LogP contribution in [0.1, 0.15) is 24.6 Å². The van der Waals surface area contributed by atoms with Crippen LogP contribution in [0.15, 0.2) is 17.5 Å². The highest BCUT2D eigenvalue weighted by Gasteiger charge is 2.41. The first kappa shape index (κ1) is 18.4. The van der Waals surface area contributed by atoms with Gasteiger partial charge in [0.15, 0.2) is 0 Å². The molecule has 1 aliphatic rings. The van der Waals surface area contributed by atoms with Crippen LogP contribution in [0.2, 0.25) is 0 Å². The van der Waals surface area contributed by atoms with E-state index in [1.54, 1.807) is 18.4 Å². The van der Waals surface area contributed by atoms with Crippen molar-refractivity contribution in [2.24, 2.45) is 5.41 Å². The maximum Gasteiger partial charge on any atom is 0.231 e. The molecule has 0 saturated carbocycles. The molecule has 0 spiro atoms. The Hall–Kier alpha value is -0.620. The molecule has 1 saturated heterocycles. The Morgan fingerprint density at radius 3 is 2.71 bits per heavy atom. The van der Waals surface area contributed by atoms with E-state index >= 15 is 0 Å². The van der Waals surface area contributed by atoms with Gasteiger partial charge >= 0.3 is 0 Å². The van der Waals surface area contributed by atoms with E-state index in [1.165, 1.54) is 4.88 Å². The third kappa shape index (κ3) is 4.42. The molecule has 2 rings (SSSR count). The predicted octanol–water partition coefficient (Wildman–Crippen LogP) is 2.53. The van der Waals surface area contributed by atoms with Gasteiger partial charge in [0.25, 0.3) is 0 Å². The normalized spacial score (nSPS) is 17.0. The Balaban J connectivity index is 0.00000220. The van der Waals surface area contributed by atoms with Crippen LogP contribution < -0.4 is 5.32 Å². The second kappa shape index (κ2) is 8.73. The molecule has 1 N–H and O–H groups in total. The molecule has 0 bridgehead atoms. The lowest BCUT2D eigenvalue weighted by atomic mass is 9.78. The van der Waals surface area contributed by atoms with Crippen molar-refractivity contribution in [2.45, 2.75) is 26.3 Å². The third-order valence-electron chi connectivity index (χ3n) is 4.03. The molecule has 0 atom stereocenters. The molecule has 1 aromatic heterocycles. The van der Waals surface area contributed by atoms with Gasteiger partial charge < -0.3 is 15.0 Å². The number of hydrogen-bond donors (Lipinski definition) is 1. The van der Waals surface area contributed by atoms with E-state index in [2.05, 4.69) is 16.8 Å². The molecule has 1 aliphatic heterocycles. The number of amides is 1. The van der Waals surface area contributed by atoms with Gasteiger partial charge in [-0.1, -0.05) is 6.07 Å². The minimum absolute atomic E-state index is 0. The van der Waals surface area contributed by atoms with Gasteiger partial charge in [0.2, 0.25) is 5.91 Å². The average Bonchev–Trinajstić information content (AvgIpc) is 2.98. The summed E-state index contributed by atoms with van der Waals surface area (Å²) >= 11 is 1.71. The molecule has 0 radical (unpaired) electrons. The van der Waals surface area contributed by atoms with Crippen molar-refractivity contribution in [1.29, 1.82) is 0 Å². The Labute approximate surface area is 137 Å². The number of rotatable bonds is 6. The highest BCUT2D eigenvalue weighted by atomic mass is 35.5. The van der Waals surface area contributed by atoms with Crippen molar-refractivity contribution in [3.05, 3.63) is 22.4 Å². The molecule has 21 heavy (non-hydrogen) atoms. The zero-order valence-corrected chi connectivity index (χ0v) is 14.4. The smallest absolute Gasteiger partial charge is 0.231 e. The van der Waals surface area contributed by atoms with Crippen molar-refractivity contribution < 1.29 is 9.53 Å². The van der Waals surface area contributed by atoms with Crippen molar-refractivity contribution in [3.8, 4) is 0 Å². The van der Waals surface area contributed by atoms with Crippen molar-refractivity contribution in [3.63, 3.8) is 0 Å². The van der Waals surface area contributed by atoms with E-state index < -0.39 is 0 Å². The Morgan fingerprint density at radius 1 is 1.48 bits per heavy atom. The average molecular weight is 333 g/mol. The minimum atomic E-state index is -0.340. The Kier molecular flexibility index (Phi) is 7.66. The lowest BCUT2D eigenvalue weighted by molar-refractivity contribution is -0.148. The summed E-state index contributed by atoms with van der Waals surface area (Å²) in [5, 5.41) is 5.39. The summed E-state index contributed by atoms with van der Waals surface area (Å²) in [5.41, 5.74) is -0.340. The van der Waals surface area contributed by atoms with Gasteiger partial charge in [-0.15, -0.1) is 23.7 Å². The number of carbonyl (C=O) groups excluding carboxylic acids is 1. The zero-order chi connectivity index (χ0) is 14.4. The summed E-state index contributed by atoms with van der Waals surface area (Å²) in [5.74, 6) is 0.247. The fourth-order valence-electron chi connectivity index (χ4n) is 2.85. The van der Waals surface area contributed by atoms with Crippen LogP contribution in [0.4, 0.5) is 0 Å². The molecule has 120 valence electrons. The molecule has 2 heterocycles. The minimum Gasteiger partial charge on any atom is -0.384 e. The fourth-order valence-corrected chi connectivity index (χ4v) is 3.57. The second-order valence-corrected chi connectivity index (χ2v) is 6.39. The molecule has 0 unspecified atom stereocenters. The summed E-state index contributed by atoms with van der Waals surface area (Å²) in [7, 11) is 1.69. The zero-order valence-electron chi connectivity index (χ0n) is 12.8. The van der Waals surface area contributed by atoms with E-state index in [4.69, 9.17) is 4.74 Å². The highest BCUT2D eigenvalue weighted by molar-refractivity contribution is 7.09. The van der Waals surface area contributed by atoms with Crippen LogP contribution in [-0.2, 0) is 16.1 Å². The molecule has 0 aromatic carbocycles. The number of halogens is 1. The SMILES string of the molecule is CCN(Cc1cccs1)C(=O)C1(COC)CCNCC1.Cl. The van der Waals surface area contributed by atoms with E-state index in [0.29, 0.717) is 13.2 Å². The second-order valence-electron chi connectivity index (χ2n) is 5.36. The topological polar surface area (TPSA) is 41.6 Å². The van der Waals surface area contributed by atoms with Crippen molar-refractivity contribution in [1.82, 2.24) is 10.2 Å². The first-order chi connectivity index (χ1) is 9.72. The van der Waals surface area contributed by atoms with Crippen LogP contribution in [0.25, 0.3) is 0 Å². The highest BCUT2D eigenvalue weighted by Crippen LogP contribution is 2.32. The van der Waals surface area contributed by atoms with Crippen LogP contribution in [0.5, 0.6) is 0 Å². The lowest BCUT2D eigenvalue weighted by Gasteiger charge is -2.39. The first-order valence-corrected chi connectivity index (χ1v) is 8.11. The van der Waals surface area contributed by atoms with Gasteiger partial charge in [0.05, 0.1) is 18.6 Å². The molecule has 1 aromatic rings. The number of methoxy groups -OCH3 is 1. The number of nitrogens with one attached hydrogen (secondary N) is 1. The van der Waals surface area contributed by atoms with Gasteiger partial charge in [-0.2, -0.15) is 0 Å². The lowest BCUT2D eigenvalue weighted by Crippen LogP contribution is -2.51. The fraction of sp³-hybridized carbons (Fsp3) is 0.667. The number of hydrogen-bond acceptors (Lipinski definition) is 4. The number of piperidine rings is 1. The van der Waals surface area contributed by atoms with Crippen LogP contribution in [0.3, 0.4) is 0 Å². The summed E-state index contributed by atoms with van der Waals surface area (Å²) in [6.45, 7) is 5.82. The maximum absolute atomic E-state index is 13.0. The van der Waals surface area contributed by atoms with Gasteiger partial charge in [0.1, 0.15) is 0 Å². The predicted molar refractivity (Wildman–Crippen MR) is 89.1 cm³/mol. The van der Waals surface area contributed by atoms with Crippen LogP contribution in [-0.4, -0.2) is 44.2 Å². The molecule has 6 heteroatoms. The first-order valence-electron chi connectivity index (χ1n) is 7.23. The van der Waals surface area contributed by atoms with Gasteiger partial charge in [-0.05, 0) is 44.3 Å². The maximum atomic E-state index is 13.0. The van der Waals surface area contributed by atoms with Crippen molar-refractivity contribution >= 4 is 29.7 Å².